The standard InChI is InChI=1S/C21H21ClN4O3/c1-15-5-2-3-8-18(15)20-23-29-21(28)26(20)14-19(27)25-11-9-24(10-12-25)17-7-4-6-16(22)13-17/h2-8,13H,9-12,14H2,1H3. The van der Waals surface area contributed by atoms with Crippen LogP contribution in [-0.2, 0) is 11.3 Å². The molecular weight excluding hydrogens is 392 g/mol. The van der Waals surface area contributed by atoms with E-state index in [-0.39, 0.29) is 12.5 Å². The van der Waals surface area contributed by atoms with Crippen LogP contribution in [0.3, 0.4) is 0 Å². The summed E-state index contributed by atoms with van der Waals surface area (Å²) in [6.07, 6.45) is 0. The maximum atomic E-state index is 12.8. The molecule has 1 aliphatic heterocycles. The third-order valence-electron chi connectivity index (χ3n) is 5.17. The van der Waals surface area contributed by atoms with E-state index in [4.69, 9.17) is 16.1 Å². The van der Waals surface area contributed by atoms with Gasteiger partial charge in [0.05, 0.1) is 0 Å². The molecule has 8 heteroatoms. The number of carbonyl (C=O) groups is 1. The third kappa shape index (κ3) is 4.05. The van der Waals surface area contributed by atoms with Crippen molar-refractivity contribution in [1.29, 1.82) is 0 Å². The fourth-order valence-corrected chi connectivity index (χ4v) is 3.73. The Balaban J connectivity index is 1.46. The number of anilines is 1. The lowest BCUT2D eigenvalue weighted by Gasteiger charge is -2.36. The molecule has 0 aliphatic carbocycles. The van der Waals surface area contributed by atoms with Crippen molar-refractivity contribution in [1.82, 2.24) is 14.6 Å². The molecule has 4 rings (SSSR count). The van der Waals surface area contributed by atoms with Gasteiger partial charge in [-0.1, -0.05) is 47.1 Å². The molecule has 1 fully saturated rings. The van der Waals surface area contributed by atoms with Gasteiger partial charge in [-0.05, 0) is 30.7 Å². The Morgan fingerprint density at radius 3 is 2.59 bits per heavy atom. The smallest absolute Gasteiger partial charge is 0.368 e. The number of hydrogen-bond donors (Lipinski definition) is 0. The second-order valence-electron chi connectivity index (χ2n) is 7.02. The number of hydrogen-bond acceptors (Lipinski definition) is 5. The predicted octanol–water partition coefficient (Wildman–Crippen LogP) is 2.81. The Labute approximate surface area is 173 Å². The van der Waals surface area contributed by atoms with Gasteiger partial charge >= 0.3 is 5.76 Å². The van der Waals surface area contributed by atoms with Crippen LogP contribution < -0.4 is 10.7 Å². The first-order valence-corrected chi connectivity index (χ1v) is 9.81. The number of halogens is 1. The van der Waals surface area contributed by atoms with Gasteiger partial charge < -0.3 is 9.80 Å². The first kappa shape index (κ1) is 19.3. The number of benzene rings is 2. The lowest BCUT2D eigenvalue weighted by atomic mass is 10.1. The van der Waals surface area contributed by atoms with Crippen molar-refractivity contribution in [2.24, 2.45) is 0 Å². The van der Waals surface area contributed by atoms with Gasteiger partial charge in [0.2, 0.25) is 5.91 Å². The maximum absolute atomic E-state index is 12.8. The number of nitrogens with zero attached hydrogens (tertiary/aromatic N) is 4. The lowest BCUT2D eigenvalue weighted by Crippen LogP contribution is -2.50. The summed E-state index contributed by atoms with van der Waals surface area (Å²) in [7, 11) is 0. The number of piperazine rings is 1. The molecule has 7 nitrogen and oxygen atoms in total. The quantitative estimate of drug-likeness (QED) is 0.659. The van der Waals surface area contributed by atoms with Gasteiger partial charge in [0, 0.05) is 42.5 Å². The van der Waals surface area contributed by atoms with Gasteiger partial charge in [-0.25, -0.2) is 9.36 Å². The van der Waals surface area contributed by atoms with Crippen LogP contribution in [0.5, 0.6) is 0 Å². The number of aromatic nitrogens is 2. The highest BCUT2D eigenvalue weighted by Gasteiger charge is 2.24. The van der Waals surface area contributed by atoms with E-state index in [2.05, 4.69) is 10.1 Å². The number of amides is 1. The normalized spacial score (nSPS) is 14.3. The summed E-state index contributed by atoms with van der Waals surface area (Å²) in [5, 5.41) is 4.58. The highest BCUT2D eigenvalue weighted by atomic mass is 35.5. The van der Waals surface area contributed by atoms with Gasteiger partial charge in [-0.3, -0.25) is 9.32 Å². The summed E-state index contributed by atoms with van der Waals surface area (Å²) in [4.78, 5) is 29.0. The summed E-state index contributed by atoms with van der Waals surface area (Å²) >= 11 is 6.08. The molecule has 1 amide bonds. The first-order valence-electron chi connectivity index (χ1n) is 9.44. The topological polar surface area (TPSA) is 71.6 Å². The second kappa shape index (κ2) is 8.13. The summed E-state index contributed by atoms with van der Waals surface area (Å²) in [6.45, 7) is 4.39. The summed E-state index contributed by atoms with van der Waals surface area (Å²) in [5.74, 6) is -0.385. The molecule has 0 saturated carbocycles. The summed E-state index contributed by atoms with van der Waals surface area (Å²) in [5.41, 5.74) is 2.77. The number of carbonyl (C=O) groups excluding carboxylic acids is 1. The van der Waals surface area contributed by atoms with E-state index in [1.807, 2.05) is 55.5 Å². The van der Waals surface area contributed by atoms with Gasteiger partial charge in [0.25, 0.3) is 0 Å². The molecule has 2 heterocycles. The fourth-order valence-electron chi connectivity index (χ4n) is 3.55. The first-order chi connectivity index (χ1) is 14.0. The van der Waals surface area contributed by atoms with E-state index in [1.54, 1.807) is 4.90 Å². The van der Waals surface area contributed by atoms with Crippen molar-refractivity contribution in [3.8, 4) is 11.4 Å². The van der Waals surface area contributed by atoms with E-state index < -0.39 is 5.76 Å². The zero-order valence-corrected chi connectivity index (χ0v) is 16.8. The molecule has 0 radical (unpaired) electrons. The molecule has 1 aromatic heterocycles. The zero-order chi connectivity index (χ0) is 20.4. The molecule has 150 valence electrons. The molecule has 0 atom stereocenters. The van der Waals surface area contributed by atoms with Crippen molar-refractivity contribution >= 4 is 23.2 Å². The van der Waals surface area contributed by atoms with Crippen LogP contribution in [0.1, 0.15) is 5.56 Å². The molecule has 1 saturated heterocycles. The van der Waals surface area contributed by atoms with Gasteiger partial charge in [-0.2, -0.15) is 0 Å². The predicted molar refractivity (Wildman–Crippen MR) is 111 cm³/mol. The fraction of sp³-hybridized carbons (Fsp3) is 0.286. The van der Waals surface area contributed by atoms with E-state index >= 15 is 0 Å². The Hall–Kier alpha value is -3.06. The second-order valence-corrected chi connectivity index (χ2v) is 7.46. The molecule has 0 unspecified atom stereocenters. The largest absolute Gasteiger partial charge is 0.442 e. The van der Waals surface area contributed by atoms with E-state index in [1.165, 1.54) is 4.57 Å². The van der Waals surface area contributed by atoms with Crippen molar-refractivity contribution in [2.45, 2.75) is 13.5 Å². The minimum absolute atomic E-state index is 0.0941. The SMILES string of the molecule is Cc1ccccc1-c1noc(=O)n1CC(=O)N1CCN(c2cccc(Cl)c2)CC1. The lowest BCUT2D eigenvalue weighted by molar-refractivity contribution is -0.132. The average Bonchev–Trinajstić information content (AvgIpc) is 3.08. The van der Waals surface area contributed by atoms with Gasteiger partial charge in [0.1, 0.15) is 6.54 Å². The highest BCUT2D eigenvalue weighted by molar-refractivity contribution is 6.30. The Bertz CT molecular complexity index is 1080. The third-order valence-corrected chi connectivity index (χ3v) is 5.41. The van der Waals surface area contributed by atoms with Crippen molar-refractivity contribution in [2.75, 3.05) is 31.1 Å². The minimum atomic E-state index is -0.630. The average molecular weight is 413 g/mol. The minimum Gasteiger partial charge on any atom is -0.368 e. The summed E-state index contributed by atoms with van der Waals surface area (Å²) in [6, 6.07) is 15.2. The monoisotopic (exact) mass is 412 g/mol. The zero-order valence-electron chi connectivity index (χ0n) is 16.0. The number of rotatable bonds is 4. The van der Waals surface area contributed by atoms with E-state index in [0.29, 0.717) is 37.0 Å². The van der Waals surface area contributed by atoms with Crippen LogP contribution in [0, 0.1) is 6.92 Å². The molecule has 0 bridgehead atoms. The van der Waals surface area contributed by atoms with Crippen molar-refractivity contribution in [3.63, 3.8) is 0 Å². The van der Waals surface area contributed by atoms with Crippen LogP contribution >= 0.6 is 11.6 Å². The van der Waals surface area contributed by atoms with E-state index in [0.717, 1.165) is 16.8 Å². The molecule has 3 aromatic rings. The molecule has 1 aliphatic rings. The molecule has 29 heavy (non-hydrogen) atoms. The van der Waals surface area contributed by atoms with Crippen molar-refractivity contribution in [3.05, 3.63) is 69.7 Å². The van der Waals surface area contributed by atoms with Crippen molar-refractivity contribution < 1.29 is 9.32 Å². The van der Waals surface area contributed by atoms with Gasteiger partial charge in [0.15, 0.2) is 5.82 Å². The molecule has 0 N–H and O–H groups in total. The molecule has 0 spiro atoms. The van der Waals surface area contributed by atoms with Crippen LogP contribution in [0.4, 0.5) is 5.69 Å². The molecular formula is C21H21ClN4O3. The Morgan fingerprint density at radius 1 is 1.10 bits per heavy atom. The number of aryl methyl sites for hydroxylation is 1. The molecule has 2 aromatic carbocycles. The Kier molecular flexibility index (Phi) is 5.40. The van der Waals surface area contributed by atoms with Crippen LogP contribution in [0.2, 0.25) is 5.02 Å². The summed E-state index contributed by atoms with van der Waals surface area (Å²) < 4.78 is 6.14. The van der Waals surface area contributed by atoms with E-state index in [9.17, 15) is 9.59 Å². The highest BCUT2D eigenvalue weighted by Crippen LogP contribution is 2.22. The maximum Gasteiger partial charge on any atom is 0.442 e. The Morgan fingerprint density at radius 2 is 1.86 bits per heavy atom. The van der Waals surface area contributed by atoms with Crippen LogP contribution in [0.15, 0.2) is 57.8 Å². The van der Waals surface area contributed by atoms with Crippen LogP contribution in [0.25, 0.3) is 11.4 Å². The van der Waals surface area contributed by atoms with Crippen LogP contribution in [-0.4, -0.2) is 46.7 Å². The van der Waals surface area contributed by atoms with Gasteiger partial charge in [-0.15, -0.1) is 0 Å².